The lowest BCUT2D eigenvalue weighted by Crippen LogP contribution is -1.93. The van der Waals surface area contributed by atoms with E-state index >= 15 is 0 Å². The molecule has 6 aromatic rings. The summed E-state index contributed by atoms with van der Waals surface area (Å²) in [4.78, 5) is 2.71. The molecule has 6 rings (SSSR count). The van der Waals surface area contributed by atoms with E-state index in [1.54, 1.807) is 0 Å². The van der Waals surface area contributed by atoms with Gasteiger partial charge in [0.05, 0.1) is 0 Å². The van der Waals surface area contributed by atoms with Gasteiger partial charge in [0.1, 0.15) is 0 Å². The monoisotopic (exact) mass is 446 g/mol. The van der Waals surface area contributed by atoms with Crippen LogP contribution in [0.3, 0.4) is 0 Å². The van der Waals surface area contributed by atoms with Crippen LogP contribution < -0.4 is 0 Å². The van der Waals surface area contributed by atoms with Crippen LogP contribution >= 0.6 is 23.5 Å². The van der Waals surface area contributed by atoms with Crippen molar-refractivity contribution in [2.75, 3.05) is 12.5 Å². The fourth-order valence-electron chi connectivity index (χ4n) is 5.16. The van der Waals surface area contributed by atoms with Gasteiger partial charge in [-0.05, 0) is 66.7 Å². The summed E-state index contributed by atoms with van der Waals surface area (Å²) in [6.07, 6.45) is 4.37. The Kier molecular flexibility index (Phi) is 4.86. The number of rotatable bonds is 3. The molecule has 0 bridgehead atoms. The summed E-state index contributed by atoms with van der Waals surface area (Å²) in [5, 5.41) is 10.6. The molecule has 0 unspecified atom stereocenters. The third-order valence-electron chi connectivity index (χ3n) is 6.42. The van der Waals surface area contributed by atoms with Gasteiger partial charge >= 0.3 is 0 Å². The molecule has 0 aliphatic rings. The zero-order valence-electron chi connectivity index (χ0n) is 18.1. The van der Waals surface area contributed by atoms with Gasteiger partial charge < -0.3 is 0 Å². The van der Waals surface area contributed by atoms with Crippen LogP contribution in [0.2, 0.25) is 0 Å². The Hall–Kier alpha value is -2.94. The van der Waals surface area contributed by atoms with Crippen LogP contribution in [-0.4, -0.2) is 12.5 Å². The highest BCUT2D eigenvalue weighted by molar-refractivity contribution is 7.99. The molecule has 0 aliphatic carbocycles. The predicted octanol–water partition coefficient (Wildman–Crippen LogP) is 9.41. The fraction of sp³-hybridized carbons (Fsp3) is 0.0667. The molecule has 0 N–H and O–H groups in total. The van der Waals surface area contributed by atoms with E-state index in [9.17, 15) is 0 Å². The summed E-state index contributed by atoms with van der Waals surface area (Å²) in [5.41, 5.74) is 2.68. The number of thioether (sulfide) groups is 2. The van der Waals surface area contributed by atoms with Gasteiger partial charge in [0.2, 0.25) is 0 Å². The van der Waals surface area contributed by atoms with Crippen molar-refractivity contribution < 1.29 is 0 Å². The summed E-state index contributed by atoms with van der Waals surface area (Å²) in [7, 11) is 0. The quantitative estimate of drug-likeness (QED) is 0.196. The maximum atomic E-state index is 2.29. The van der Waals surface area contributed by atoms with E-state index in [-0.39, 0.29) is 0 Å². The molecule has 32 heavy (non-hydrogen) atoms. The third kappa shape index (κ3) is 2.80. The first-order chi connectivity index (χ1) is 15.8. The molecule has 0 radical (unpaired) electrons. The van der Waals surface area contributed by atoms with E-state index in [4.69, 9.17) is 0 Å². The summed E-state index contributed by atoms with van der Waals surface area (Å²) < 4.78 is 0. The van der Waals surface area contributed by atoms with Crippen LogP contribution in [0, 0.1) is 0 Å². The zero-order chi connectivity index (χ0) is 21.7. The first-order valence-electron chi connectivity index (χ1n) is 10.8. The second-order valence-corrected chi connectivity index (χ2v) is 9.63. The Morgan fingerprint density at radius 2 is 0.562 bits per heavy atom. The van der Waals surface area contributed by atoms with E-state index in [0.29, 0.717) is 0 Å². The molecule has 2 heteroatoms. The Morgan fingerprint density at radius 1 is 0.344 bits per heavy atom. The van der Waals surface area contributed by atoms with Gasteiger partial charge in [0, 0.05) is 9.79 Å². The van der Waals surface area contributed by atoms with Crippen LogP contribution in [0.5, 0.6) is 0 Å². The summed E-state index contributed by atoms with van der Waals surface area (Å²) in [6, 6.07) is 35.6. The minimum Gasteiger partial charge on any atom is -0.128 e. The first kappa shape index (κ1) is 19.7. The molecule has 0 fully saturated rings. The van der Waals surface area contributed by atoms with Gasteiger partial charge in [-0.15, -0.1) is 23.5 Å². The van der Waals surface area contributed by atoms with Crippen molar-refractivity contribution in [1.29, 1.82) is 0 Å². The SMILES string of the molecule is CSc1c2ccccc2c(-c2c3ccccc3c(SC)c3ccccc23)c2ccccc12. The third-order valence-corrected chi connectivity index (χ3v) is 8.12. The van der Waals surface area contributed by atoms with E-state index in [0.717, 1.165) is 0 Å². The molecule has 154 valence electrons. The topological polar surface area (TPSA) is 0 Å². The van der Waals surface area contributed by atoms with Gasteiger partial charge in [-0.25, -0.2) is 0 Å². The maximum absolute atomic E-state index is 2.29. The molecule has 0 amide bonds. The van der Waals surface area contributed by atoms with Crippen LogP contribution in [0.1, 0.15) is 0 Å². The van der Waals surface area contributed by atoms with Gasteiger partial charge in [0.15, 0.2) is 0 Å². The highest BCUT2D eigenvalue weighted by Gasteiger charge is 2.20. The van der Waals surface area contributed by atoms with E-state index in [1.165, 1.54) is 64.0 Å². The van der Waals surface area contributed by atoms with Crippen LogP contribution in [0.15, 0.2) is 107 Å². The van der Waals surface area contributed by atoms with Crippen LogP contribution in [0.25, 0.3) is 54.2 Å². The summed E-state index contributed by atoms with van der Waals surface area (Å²) >= 11 is 3.68. The predicted molar refractivity (Wildman–Crippen MR) is 145 cm³/mol. The van der Waals surface area contributed by atoms with Crippen molar-refractivity contribution >= 4 is 66.6 Å². The molecular formula is C30H22S2. The van der Waals surface area contributed by atoms with Crippen molar-refractivity contribution in [3.05, 3.63) is 97.1 Å². The second kappa shape index (κ2) is 7.88. The largest absolute Gasteiger partial charge is 0.128 e. The Balaban J connectivity index is 1.95. The molecular weight excluding hydrogens is 424 g/mol. The smallest absolute Gasteiger partial charge is 0.0227 e. The van der Waals surface area contributed by atoms with Crippen molar-refractivity contribution in [2.24, 2.45) is 0 Å². The summed E-state index contributed by atoms with van der Waals surface area (Å²) in [5.74, 6) is 0. The minimum absolute atomic E-state index is 1.32. The van der Waals surface area contributed by atoms with Crippen molar-refractivity contribution in [3.8, 4) is 11.1 Å². The number of fused-ring (bicyclic) bond motifs is 4. The first-order valence-corrected chi connectivity index (χ1v) is 13.2. The highest BCUT2D eigenvalue weighted by atomic mass is 32.2. The molecule has 0 saturated heterocycles. The Bertz CT molecular complexity index is 1410. The van der Waals surface area contributed by atoms with E-state index in [1.807, 2.05) is 23.5 Å². The molecule has 6 aromatic carbocycles. The normalized spacial score (nSPS) is 11.7. The van der Waals surface area contributed by atoms with Crippen molar-refractivity contribution in [2.45, 2.75) is 9.79 Å². The molecule has 0 spiro atoms. The number of hydrogen-bond acceptors (Lipinski definition) is 2. The van der Waals surface area contributed by atoms with E-state index < -0.39 is 0 Å². The van der Waals surface area contributed by atoms with Gasteiger partial charge in [-0.3, -0.25) is 0 Å². The Labute approximate surface area is 196 Å². The average Bonchev–Trinajstić information content (AvgIpc) is 2.86. The molecule has 0 nitrogen and oxygen atoms in total. The fourth-order valence-corrected chi connectivity index (χ4v) is 6.75. The lowest BCUT2D eigenvalue weighted by Gasteiger charge is -2.20. The van der Waals surface area contributed by atoms with Crippen LogP contribution in [-0.2, 0) is 0 Å². The van der Waals surface area contributed by atoms with Crippen molar-refractivity contribution in [1.82, 2.24) is 0 Å². The second-order valence-electron chi connectivity index (χ2n) is 8.00. The maximum Gasteiger partial charge on any atom is 0.0227 e. The van der Waals surface area contributed by atoms with Gasteiger partial charge in [0.25, 0.3) is 0 Å². The standard InChI is InChI=1S/C30H22S2/c1-31-29-23-15-7-3-11-19(23)27(20-12-4-8-16-24(20)29)28-21-13-5-9-17-25(21)30(32-2)26-18-10-6-14-22(26)28/h3-18H,1-2H3. The van der Waals surface area contributed by atoms with Crippen LogP contribution in [0.4, 0.5) is 0 Å². The summed E-state index contributed by atoms with van der Waals surface area (Å²) in [6.45, 7) is 0. The highest BCUT2D eigenvalue weighted by Crippen LogP contribution is 2.48. The molecule has 0 heterocycles. The number of benzene rings is 6. The lowest BCUT2D eigenvalue weighted by molar-refractivity contribution is 1.60. The van der Waals surface area contributed by atoms with E-state index in [2.05, 4.69) is 110 Å². The molecule has 0 atom stereocenters. The molecule has 0 aromatic heterocycles. The number of hydrogen-bond donors (Lipinski definition) is 0. The zero-order valence-corrected chi connectivity index (χ0v) is 19.7. The van der Waals surface area contributed by atoms with Gasteiger partial charge in [-0.1, -0.05) is 97.1 Å². The molecule has 0 saturated carbocycles. The molecule has 0 aliphatic heterocycles. The van der Waals surface area contributed by atoms with Gasteiger partial charge in [-0.2, -0.15) is 0 Å². The minimum atomic E-state index is 1.32. The lowest BCUT2D eigenvalue weighted by atomic mass is 9.86. The Morgan fingerprint density at radius 3 is 0.781 bits per heavy atom. The average molecular weight is 447 g/mol. The van der Waals surface area contributed by atoms with Crippen molar-refractivity contribution in [3.63, 3.8) is 0 Å².